The normalized spacial score (nSPS) is 21.6. The molecule has 1 aromatic carbocycles. The molecule has 11 heteroatoms. The second-order valence-corrected chi connectivity index (χ2v) is 7.40. The van der Waals surface area contributed by atoms with Crippen LogP contribution in [0.15, 0.2) is 41.4 Å². The van der Waals surface area contributed by atoms with Crippen molar-refractivity contribution in [2.75, 3.05) is 32.8 Å². The van der Waals surface area contributed by atoms with Gasteiger partial charge in [-0.2, -0.15) is 5.10 Å². The van der Waals surface area contributed by atoms with Gasteiger partial charge in [-0.3, -0.25) is 15.3 Å². The summed E-state index contributed by atoms with van der Waals surface area (Å²) in [6.45, 7) is 4.63. The van der Waals surface area contributed by atoms with Gasteiger partial charge in [-0.25, -0.2) is 18.2 Å². The van der Waals surface area contributed by atoms with E-state index in [-0.39, 0.29) is 12.1 Å². The van der Waals surface area contributed by atoms with E-state index in [0.717, 1.165) is 32.8 Å². The molecule has 1 aromatic heterocycles. The number of halogens is 3. The molecule has 0 bridgehead atoms. The predicted molar refractivity (Wildman–Crippen MR) is 108 cm³/mol. The highest BCUT2D eigenvalue weighted by Crippen LogP contribution is 2.20. The predicted octanol–water partition coefficient (Wildman–Crippen LogP) is 1.01. The van der Waals surface area contributed by atoms with Crippen LogP contribution in [0, 0.1) is 17.5 Å². The zero-order valence-electron chi connectivity index (χ0n) is 16.8. The van der Waals surface area contributed by atoms with Gasteiger partial charge in [-0.05, 0) is 6.08 Å². The van der Waals surface area contributed by atoms with Crippen LogP contribution in [0.5, 0.6) is 0 Å². The molecule has 0 radical (unpaired) electrons. The van der Waals surface area contributed by atoms with Crippen molar-refractivity contribution in [2.45, 2.75) is 18.9 Å². The Hall–Kier alpha value is -2.89. The Labute approximate surface area is 177 Å². The van der Waals surface area contributed by atoms with Crippen LogP contribution in [0.1, 0.15) is 11.1 Å². The van der Waals surface area contributed by atoms with Gasteiger partial charge >= 0.3 is 0 Å². The van der Waals surface area contributed by atoms with Crippen LogP contribution in [0.4, 0.5) is 13.2 Å². The van der Waals surface area contributed by atoms with Gasteiger partial charge in [0.2, 0.25) is 5.79 Å². The Balaban J connectivity index is 1.36. The van der Waals surface area contributed by atoms with Gasteiger partial charge in [-0.15, -0.1) is 0 Å². The number of hydrogen-bond donors (Lipinski definition) is 3. The van der Waals surface area contributed by atoms with Crippen molar-refractivity contribution in [3.8, 4) is 0 Å². The molecular weight excluding hydrogens is 411 g/mol. The fourth-order valence-electron chi connectivity index (χ4n) is 3.43. The maximum atomic E-state index is 13.9. The lowest BCUT2D eigenvalue weighted by Crippen LogP contribution is -2.52. The Bertz CT molecular complexity index is 964. The van der Waals surface area contributed by atoms with Crippen LogP contribution in [0.3, 0.4) is 0 Å². The standard InChI is InChI=1S/C20H24F3N7O/c21-15-9-17(22)16(18(23)10-15)12-25-19-1-2-26-20(24,28-19)14-11-27-30(13-14)4-3-29-5-7-31-8-6-29/h1-2,9-11,13,25,28H,3-8,12,24H2. The first-order valence-electron chi connectivity index (χ1n) is 9.96. The molecule has 0 aliphatic carbocycles. The quantitative estimate of drug-likeness (QED) is 0.601. The zero-order chi connectivity index (χ0) is 21.8. The fourth-order valence-corrected chi connectivity index (χ4v) is 3.43. The lowest BCUT2D eigenvalue weighted by Gasteiger charge is -2.30. The summed E-state index contributed by atoms with van der Waals surface area (Å²) in [5.41, 5.74) is 6.77. The number of hydrogen-bond acceptors (Lipinski definition) is 7. The minimum Gasteiger partial charge on any atom is -0.379 e. The molecule has 2 aliphatic rings. The maximum Gasteiger partial charge on any atom is 0.213 e. The summed E-state index contributed by atoms with van der Waals surface area (Å²) in [5.74, 6) is -3.76. The van der Waals surface area contributed by atoms with Crippen LogP contribution in [-0.4, -0.2) is 53.7 Å². The lowest BCUT2D eigenvalue weighted by molar-refractivity contribution is 0.0359. The summed E-state index contributed by atoms with van der Waals surface area (Å²) < 4.78 is 47.9. The van der Waals surface area contributed by atoms with E-state index in [1.807, 2.05) is 6.20 Å². The molecule has 1 unspecified atom stereocenters. The molecule has 31 heavy (non-hydrogen) atoms. The van der Waals surface area contributed by atoms with Gasteiger partial charge in [0.05, 0.1) is 31.5 Å². The molecule has 8 nitrogen and oxygen atoms in total. The number of allylic oxidation sites excluding steroid dienone is 1. The van der Waals surface area contributed by atoms with Gasteiger partial charge in [0.15, 0.2) is 0 Å². The SMILES string of the molecule is NC1(c2cnn(CCN3CCOCC3)c2)N=CC=C(NCc2c(F)cc(F)cc2F)N1. The third kappa shape index (κ3) is 5.06. The topological polar surface area (TPSA) is 92.7 Å². The minimum absolute atomic E-state index is 0.195. The van der Waals surface area contributed by atoms with E-state index < -0.39 is 23.2 Å². The molecule has 0 spiro atoms. The van der Waals surface area contributed by atoms with Crippen LogP contribution in [-0.2, 0) is 23.6 Å². The molecule has 4 rings (SSSR count). The molecule has 2 aromatic rings. The molecule has 0 saturated carbocycles. The highest BCUT2D eigenvalue weighted by atomic mass is 19.1. The first kappa shape index (κ1) is 21.3. The highest BCUT2D eigenvalue weighted by Gasteiger charge is 2.30. The average molecular weight is 435 g/mol. The molecule has 0 amide bonds. The highest BCUT2D eigenvalue weighted by molar-refractivity contribution is 5.73. The number of nitrogens with one attached hydrogen (secondary N) is 2. The number of nitrogens with zero attached hydrogens (tertiary/aromatic N) is 4. The summed E-state index contributed by atoms with van der Waals surface area (Å²) in [6, 6.07) is 1.28. The van der Waals surface area contributed by atoms with E-state index in [9.17, 15) is 13.2 Å². The number of aromatic nitrogens is 2. The van der Waals surface area contributed by atoms with E-state index in [1.54, 1.807) is 17.0 Å². The van der Waals surface area contributed by atoms with Crippen LogP contribution in [0.2, 0.25) is 0 Å². The van der Waals surface area contributed by atoms with Gasteiger partial charge < -0.3 is 15.4 Å². The summed E-state index contributed by atoms with van der Waals surface area (Å²) >= 11 is 0. The molecule has 3 heterocycles. The van der Waals surface area contributed by atoms with Crippen molar-refractivity contribution in [1.29, 1.82) is 0 Å². The van der Waals surface area contributed by atoms with Gasteiger partial charge in [0.1, 0.15) is 23.3 Å². The Kier molecular flexibility index (Phi) is 6.25. The monoisotopic (exact) mass is 435 g/mol. The fraction of sp³-hybridized carbons (Fsp3) is 0.400. The summed E-state index contributed by atoms with van der Waals surface area (Å²) in [6.07, 6.45) is 6.54. The first-order chi connectivity index (χ1) is 14.9. The van der Waals surface area contributed by atoms with Crippen molar-refractivity contribution in [3.05, 3.63) is 65.0 Å². The Morgan fingerprint density at radius 1 is 1.16 bits per heavy atom. The Morgan fingerprint density at radius 3 is 2.65 bits per heavy atom. The van der Waals surface area contributed by atoms with Crippen LogP contribution in [0.25, 0.3) is 0 Å². The molecular formula is C20H24F3N7O. The first-order valence-corrected chi connectivity index (χ1v) is 9.96. The number of nitrogens with two attached hydrogens (primary N) is 1. The van der Waals surface area contributed by atoms with Gasteiger partial charge in [-0.1, -0.05) is 0 Å². The third-order valence-corrected chi connectivity index (χ3v) is 5.23. The van der Waals surface area contributed by atoms with Crippen LogP contribution >= 0.6 is 0 Å². The summed E-state index contributed by atoms with van der Waals surface area (Å²) in [7, 11) is 0. The van der Waals surface area contributed by atoms with Crippen LogP contribution < -0.4 is 16.4 Å². The molecule has 1 atom stereocenters. The van der Waals surface area contributed by atoms with Crippen molar-refractivity contribution in [2.24, 2.45) is 10.7 Å². The molecule has 1 saturated heterocycles. The third-order valence-electron chi connectivity index (χ3n) is 5.23. The van der Waals surface area contributed by atoms with E-state index in [1.165, 1.54) is 6.21 Å². The number of aliphatic imine (C=N–C) groups is 1. The zero-order valence-corrected chi connectivity index (χ0v) is 16.8. The molecule has 166 valence electrons. The van der Waals surface area contributed by atoms with E-state index >= 15 is 0 Å². The number of benzene rings is 1. The van der Waals surface area contributed by atoms with Gasteiger partial charge in [0, 0.05) is 56.3 Å². The number of morpholine rings is 1. The van der Waals surface area contributed by atoms with Crippen molar-refractivity contribution in [1.82, 2.24) is 25.3 Å². The van der Waals surface area contributed by atoms with Crippen molar-refractivity contribution >= 4 is 6.21 Å². The second kappa shape index (κ2) is 9.08. The lowest BCUT2D eigenvalue weighted by atomic mass is 10.1. The summed E-state index contributed by atoms with van der Waals surface area (Å²) in [4.78, 5) is 6.60. The second-order valence-electron chi connectivity index (χ2n) is 7.40. The average Bonchev–Trinajstić information content (AvgIpc) is 3.22. The van der Waals surface area contributed by atoms with E-state index in [2.05, 4.69) is 25.6 Å². The molecule has 2 aliphatic heterocycles. The largest absolute Gasteiger partial charge is 0.379 e. The Morgan fingerprint density at radius 2 is 1.90 bits per heavy atom. The summed E-state index contributed by atoms with van der Waals surface area (Å²) in [5, 5.41) is 10.2. The molecule has 1 fully saturated rings. The van der Waals surface area contributed by atoms with Gasteiger partial charge in [0.25, 0.3) is 0 Å². The van der Waals surface area contributed by atoms with E-state index in [0.29, 0.717) is 30.1 Å². The van der Waals surface area contributed by atoms with Crippen molar-refractivity contribution in [3.63, 3.8) is 0 Å². The van der Waals surface area contributed by atoms with E-state index in [4.69, 9.17) is 10.5 Å². The number of ether oxygens (including phenoxy) is 1. The molecule has 4 N–H and O–H groups in total. The van der Waals surface area contributed by atoms with Crippen molar-refractivity contribution < 1.29 is 17.9 Å². The smallest absolute Gasteiger partial charge is 0.213 e. The number of rotatable bonds is 7. The minimum atomic E-state index is -1.28. The maximum absolute atomic E-state index is 13.9.